The summed E-state index contributed by atoms with van der Waals surface area (Å²) in [6.45, 7) is 1.91. The summed E-state index contributed by atoms with van der Waals surface area (Å²) in [5, 5.41) is 2.63. The molecule has 0 atom stereocenters. The summed E-state index contributed by atoms with van der Waals surface area (Å²) in [5.41, 5.74) is 4.33. The molecule has 6 rings (SSSR count). The molecule has 0 fully saturated rings. The molecule has 0 aliphatic carbocycles. The van der Waals surface area contributed by atoms with Crippen molar-refractivity contribution < 1.29 is 0 Å². The molecule has 4 heteroatoms. The molecule has 4 aromatic carbocycles. The van der Waals surface area contributed by atoms with Gasteiger partial charge in [0.25, 0.3) is 0 Å². The number of benzene rings is 4. The number of hydrogen-bond donors (Lipinski definition) is 0. The molecule has 32 heavy (non-hydrogen) atoms. The van der Waals surface area contributed by atoms with E-state index in [4.69, 9.17) is 4.98 Å². The number of rotatable bonds is 3. The van der Waals surface area contributed by atoms with Crippen molar-refractivity contribution in [2.75, 3.05) is 0 Å². The van der Waals surface area contributed by atoms with Crippen LogP contribution < -0.4 is 0 Å². The van der Waals surface area contributed by atoms with Gasteiger partial charge in [0.15, 0.2) is 11.6 Å². The van der Waals surface area contributed by atoms with Crippen LogP contribution in [0.25, 0.3) is 54.1 Å². The van der Waals surface area contributed by atoms with E-state index in [0.717, 1.165) is 16.7 Å². The zero-order valence-corrected chi connectivity index (χ0v) is 18.3. The lowest BCUT2D eigenvalue weighted by Gasteiger charge is -2.08. The summed E-state index contributed by atoms with van der Waals surface area (Å²) in [4.78, 5) is 13.9. The van der Waals surface area contributed by atoms with E-state index in [9.17, 15) is 0 Å². The van der Waals surface area contributed by atoms with E-state index in [1.54, 1.807) is 0 Å². The van der Waals surface area contributed by atoms with E-state index < -0.39 is 0 Å². The minimum atomic E-state index is 0.696. The predicted octanol–water partition coefficient (Wildman–Crippen LogP) is 7.55. The second kappa shape index (κ2) is 7.66. The molecular formula is C28H19N3S. The summed E-state index contributed by atoms with van der Waals surface area (Å²) in [7, 11) is 0. The van der Waals surface area contributed by atoms with E-state index in [0.29, 0.717) is 17.5 Å². The first-order valence-electron chi connectivity index (χ1n) is 10.5. The van der Waals surface area contributed by atoms with E-state index in [1.807, 2.05) is 48.6 Å². The molecule has 0 N–H and O–H groups in total. The number of fused-ring (bicyclic) bond motifs is 3. The largest absolute Gasteiger partial charge is 0.213 e. The van der Waals surface area contributed by atoms with Crippen molar-refractivity contribution in [3.63, 3.8) is 0 Å². The smallest absolute Gasteiger partial charge is 0.163 e. The van der Waals surface area contributed by atoms with Crippen LogP contribution in [0.4, 0.5) is 0 Å². The first kappa shape index (κ1) is 18.8. The summed E-state index contributed by atoms with van der Waals surface area (Å²) < 4.78 is 2.62. The number of aromatic nitrogens is 3. The lowest BCUT2D eigenvalue weighted by molar-refractivity contribution is 0.992. The van der Waals surface area contributed by atoms with Crippen molar-refractivity contribution in [1.29, 1.82) is 0 Å². The molecule has 152 valence electrons. The third kappa shape index (κ3) is 3.35. The van der Waals surface area contributed by atoms with Crippen LogP contribution in [0.3, 0.4) is 0 Å². The van der Waals surface area contributed by atoms with Crippen LogP contribution in [-0.4, -0.2) is 15.0 Å². The molecule has 6 aromatic rings. The monoisotopic (exact) mass is 429 g/mol. The highest BCUT2D eigenvalue weighted by Gasteiger charge is 2.11. The van der Waals surface area contributed by atoms with Crippen LogP contribution >= 0.6 is 11.3 Å². The fourth-order valence-electron chi connectivity index (χ4n) is 4.07. The van der Waals surface area contributed by atoms with Crippen LogP contribution in [0.5, 0.6) is 0 Å². The fourth-order valence-corrected chi connectivity index (χ4v) is 5.22. The Labute approximate surface area is 190 Å². The average Bonchev–Trinajstić information content (AvgIpc) is 3.22. The van der Waals surface area contributed by atoms with E-state index in [-0.39, 0.29) is 0 Å². The maximum atomic E-state index is 4.77. The van der Waals surface area contributed by atoms with E-state index >= 15 is 0 Å². The van der Waals surface area contributed by atoms with Crippen LogP contribution in [0.15, 0.2) is 97.1 Å². The van der Waals surface area contributed by atoms with Gasteiger partial charge in [0, 0.05) is 31.3 Å². The molecule has 0 radical (unpaired) electrons. The van der Waals surface area contributed by atoms with Crippen molar-refractivity contribution in [3.8, 4) is 33.9 Å². The van der Waals surface area contributed by atoms with Gasteiger partial charge in [-0.1, -0.05) is 78.9 Å². The van der Waals surface area contributed by atoms with Gasteiger partial charge in [0.05, 0.1) is 0 Å². The zero-order chi connectivity index (χ0) is 21.5. The van der Waals surface area contributed by atoms with Gasteiger partial charge in [-0.05, 0) is 36.2 Å². The molecule has 2 heterocycles. The molecular weight excluding hydrogens is 410 g/mol. The van der Waals surface area contributed by atoms with Gasteiger partial charge in [0.2, 0.25) is 0 Å². The third-order valence-corrected chi connectivity index (χ3v) is 6.75. The van der Waals surface area contributed by atoms with Gasteiger partial charge in [0.1, 0.15) is 5.82 Å². The second-order valence-corrected chi connectivity index (χ2v) is 8.87. The minimum absolute atomic E-state index is 0.696. The van der Waals surface area contributed by atoms with Gasteiger partial charge in [-0.3, -0.25) is 0 Å². The zero-order valence-electron chi connectivity index (χ0n) is 17.5. The van der Waals surface area contributed by atoms with E-state index in [1.165, 1.54) is 25.7 Å². The molecule has 0 saturated carbocycles. The summed E-state index contributed by atoms with van der Waals surface area (Å²) in [5.74, 6) is 2.11. The highest BCUT2D eigenvalue weighted by Crippen LogP contribution is 2.36. The molecule has 3 nitrogen and oxygen atoms in total. The normalized spacial score (nSPS) is 11.3. The highest BCUT2D eigenvalue weighted by molar-refractivity contribution is 7.25. The van der Waals surface area contributed by atoms with Gasteiger partial charge in [-0.15, -0.1) is 11.3 Å². The molecule has 0 saturated heterocycles. The van der Waals surface area contributed by atoms with E-state index in [2.05, 4.69) is 76.7 Å². The molecule has 0 unspecified atom stereocenters. The molecule has 0 spiro atoms. The van der Waals surface area contributed by atoms with Crippen molar-refractivity contribution in [1.82, 2.24) is 15.0 Å². The fraction of sp³-hybridized carbons (Fsp3) is 0.0357. The van der Waals surface area contributed by atoms with Crippen molar-refractivity contribution in [2.45, 2.75) is 6.92 Å². The number of nitrogens with zero attached hydrogens (tertiary/aromatic N) is 3. The first-order chi connectivity index (χ1) is 15.7. The lowest BCUT2D eigenvalue weighted by atomic mass is 10.0. The van der Waals surface area contributed by atoms with Crippen LogP contribution in [0.2, 0.25) is 0 Å². The topological polar surface area (TPSA) is 38.7 Å². The predicted molar refractivity (Wildman–Crippen MR) is 134 cm³/mol. The van der Waals surface area contributed by atoms with Crippen LogP contribution in [0.1, 0.15) is 5.82 Å². The van der Waals surface area contributed by atoms with Crippen molar-refractivity contribution >= 4 is 31.5 Å². The quantitative estimate of drug-likeness (QED) is 0.291. The van der Waals surface area contributed by atoms with Gasteiger partial charge < -0.3 is 0 Å². The molecule has 0 aliphatic rings. The highest BCUT2D eigenvalue weighted by atomic mass is 32.1. The lowest BCUT2D eigenvalue weighted by Crippen LogP contribution is -1.99. The maximum absolute atomic E-state index is 4.77. The Bertz CT molecular complexity index is 1590. The molecule has 0 amide bonds. The Morgan fingerprint density at radius 3 is 2.03 bits per heavy atom. The van der Waals surface area contributed by atoms with Crippen LogP contribution in [0, 0.1) is 6.92 Å². The molecule has 0 bridgehead atoms. The van der Waals surface area contributed by atoms with Crippen molar-refractivity contribution in [3.05, 3.63) is 103 Å². The Balaban J connectivity index is 1.43. The third-order valence-electron chi connectivity index (χ3n) is 5.61. The van der Waals surface area contributed by atoms with Crippen molar-refractivity contribution in [2.24, 2.45) is 0 Å². The SMILES string of the molecule is Cc1nc(-c2ccccc2)nc(-c2cccc(-c3ccc4c(c3)sc3ccccc34)c2)n1. The first-order valence-corrected chi connectivity index (χ1v) is 11.4. The maximum Gasteiger partial charge on any atom is 0.163 e. The summed E-state index contributed by atoms with van der Waals surface area (Å²) >= 11 is 1.84. The second-order valence-electron chi connectivity index (χ2n) is 7.79. The summed E-state index contributed by atoms with van der Waals surface area (Å²) in [6, 6.07) is 33.8. The Morgan fingerprint density at radius 2 is 1.16 bits per heavy atom. The number of aryl methyl sites for hydroxylation is 1. The number of thiophene rings is 1. The molecule has 2 aromatic heterocycles. The van der Waals surface area contributed by atoms with Gasteiger partial charge >= 0.3 is 0 Å². The molecule has 0 aliphatic heterocycles. The Morgan fingerprint density at radius 1 is 0.500 bits per heavy atom. The van der Waals surface area contributed by atoms with Gasteiger partial charge in [-0.25, -0.2) is 15.0 Å². The Kier molecular flexibility index (Phi) is 4.51. The summed E-state index contributed by atoms with van der Waals surface area (Å²) in [6.07, 6.45) is 0. The Hall–Kier alpha value is -3.89. The van der Waals surface area contributed by atoms with Gasteiger partial charge in [-0.2, -0.15) is 0 Å². The average molecular weight is 430 g/mol. The minimum Gasteiger partial charge on any atom is -0.213 e. The standard InChI is InChI=1S/C28H19N3S/c1-18-29-27(19-8-3-2-4-9-19)31-28(30-18)22-11-7-10-20(16-22)21-14-15-24-23-12-5-6-13-25(23)32-26(24)17-21/h2-17H,1H3. The van der Waals surface area contributed by atoms with Crippen LogP contribution in [-0.2, 0) is 0 Å². The number of hydrogen-bond acceptors (Lipinski definition) is 4.